The summed E-state index contributed by atoms with van der Waals surface area (Å²) in [6.07, 6.45) is 4.30. The van der Waals surface area contributed by atoms with Crippen molar-refractivity contribution in [1.82, 2.24) is 9.21 Å². The molecule has 1 amide bonds. The zero-order chi connectivity index (χ0) is 23.6. The van der Waals surface area contributed by atoms with E-state index in [-0.39, 0.29) is 28.9 Å². The Morgan fingerprint density at radius 1 is 0.969 bits per heavy atom. The van der Waals surface area contributed by atoms with Crippen molar-refractivity contribution in [3.8, 4) is 0 Å². The van der Waals surface area contributed by atoms with Gasteiger partial charge in [0.05, 0.1) is 21.8 Å². The minimum atomic E-state index is -3.53. The number of amides is 1. The Labute approximate surface area is 193 Å². The molecule has 2 saturated heterocycles. The van der Waals surface area contributed by atoms with Crippen molar-refractivity contribution < 1.29 is 21.6 Å². The van der Waals surface area contributed by atoms with Crippen molar-refractivity contribution in [2.45, 2.75) is 68.9 Å². The molecule has 2 aliphatic heterocycles. The quantitative estimate of drug-likeness (QED) is 0.619. The summed E-state index contributed by atoms with van der Waals surface area (Å²) in [7, 11) is -6.71. The highest BCUT2D eigenvalue weighted by atomic mass is 32.2. The highest BCUT2D eigenvalue weighted by Crippen LogP contribution is 2.26. The molecule has 0 saturated carbocycles. The molecule has 0 bridgehead atoms. The standard InChI is InChI=1S/C23H36N2O5S2/c1-23(2,3)31(27,28)18-19-10-14-24(15-11-19)22(26)17-20-8-7-9-21(16-20)32(29,30)25-12-5-4-6-13-25/h7-9,16,19H,4-6,10-15,17-18H2,1-3H3. The Kier molecular flexibility index (Phi) is 7.72. The van der Waals surface area contributed by atoms with Crippen LogP contribution in [0.2, 0.25) is 0 Å². The van der Waals surface area contributed by atoms with E-state index >= 15 is 0 Å². The first-order valence-electron chi connectivity index (χ1n) is 11.5. The summed E-state index contributed by atoms with van der Waals surface area (Å²) in [6.45, 7) is 7.34. The normalized spacial score (nSPS) is 19.8. The molecule has 180 valence electrons. The lowest BCUT2D eigenvalue weighted by Crippen LogP contribution is -2.42. The average Bonchev–Trinajstić information content (AvgIpc) is 2.74. The monoisotopic (exact) mass is 484 g/mol. The van der Waals surface area contributed by atoms with E-state index < -0.39 is 24.6 Å². The summed E-state index contributed by atoms with van der Waals surface area (Å²) in [4.78, 5) is 14.8. The molecule has 2 heterocycles. The van der Waals surface area contributed by atoms with E-state index in [0.717, 1.165) is 19.3 Å². The maximum absolute atomic E-state index is 12.9. The number of carbonyl (C=O) groups excluding carboxylic acids is 1. The third-order valence-electron chi connectivity index (χ3n) is 6.56. The van der Waals surface area contributed by atoms with Gasteiger partial charge in [0.1, 0.15) is 0 Å². The predicted octanol–water partition coefficient (Wildman–Crippen LogP) is 2.86. The molecule has 2 aliphatic rings. The Morgan fingerprint density at radius 2 is 1.59 bits per heavy atom. The van der Waals surface area contributed by atoms with Gasteiger partial charge in [-0.3, -0.25) is 4.79 Å². The van der Waals surface area contributed by atoms with E-state index in [1.54, 1.807) is 49.9 Å². The van der Waals surface area contributed by atoms with E-state index in [1.165, 1.54) is 4.31 Å². The van der Waals surface area contributed by atoms with Gasteiger partial charge in [-0.1, -0.05) is 18.6 Å². The summed E-state index contributed by atoms with van der Waals surface area (Å²) in [5.74, 6) is 0.186. The largest absolute Gasteiger partial charge is 0.342 e. The molecular formula is C23H36N2O5S2. The SMILES string of the molecule is CC(C)(C)S(=O)(=O)CC1CCN(C(=O)Cc2cccc(S(=O)(=O)N3CCCCC3)c2)CC1. The third-order valence-corrected chi connectivity index (χ3v) is 11.2. The second-order valence-electron chi connectivity index (χ2n) is 10.0. The first kappa shape index (κ1) is 25.2. The van der Waals surface area contributed by atoms with Gasteiger partial charge < -0.3 is 4.90 Å². The van der Waals surface area contributed by atoms with E-state index in [2.05, 4.69) is 0 Å². The molecule has 0 aliphatic carbocycles. The number of carbonyl (C=O) groups is 1. The number of hydrogen-bond acceptors (Lipinski definition) is 5. The van der Waals surface area contributed by atoms with Gasteiger partial charge >= 0.3 is 0 Å². The number of likely N-dealkylation sites (tertiary alicyclic amines) is 1. The molecule has 0 atom stereocenters. The Hall–Kier alpha value is -1.45. The van der Waals surface area contributed by atoms with Crippen LogP contribution in [-0.2, 0) is 31.1 Å². The van der Waals surface area contributed by atoms with Crippen LogP contribution in [0.4, 0.5) is 0 Å². The smallest absolute Gasteiger partial charge is 0.243 e. The summed E-state index contributed by atoms with van der Waals surface area (Å²) < 4.78 is 51.6. The molecule has 1 aromatic rings. The van der Waals surface area contributed by atoms with Crippen molar-refractivity contribution in [1.29, 1.82) is 0 Å². The molecule has 0 aromatic heterocycles. The van der Waals surface area contributed by atoms with Crippen molar-refractivity contribution in [3.63, 3.8) is 0 Å². The number of hydrogen-bond donors (Lipinski definition) is 0. The van der Waals surface area contributed by atoms with Crippen LogP contribution in [-0.4, -0.2) is 68.6 Å². The number of benzene rings is 1. The molecule has 1 aromatic carbocycles. The topological polar surface area (TPSA) is 91.8 Å². The van der Waals surface area contributed by atoms with E-state index in [9.17, 15) is 21.6 Å². The maximum atomic E-state index is 12.9. The summed E-state index contributed by atoms with van der Waals surface area (Å²) in [5, 5.41) is 0. The number of sulfonamides is 1. The zero-order valence-corrected chi connectivity index (χ0v) is 21.1. The van der Waals surface area contributed by atoms with Gasteiger partial charge in [0, 0.05) is 26.2 Å². The fourth-order valence-electron chi connectivity index (χ4n) is 4.27. The molecule has 9 heteroatoms. The van der Waals surface area contributed by atoms with Crippen LogP contribution in [0.5, 0.6) is 0 Å². The van der Waals surface area contributed by atoms with Gasteiger partial charge in [-0.2, -0.15) is 4.31 Å². The molecule has 0 unspecified atom stereocenters. The average molecular weight is 485 g/mol. The Balaban J connectivity index is 1.58. The second-order valence-corrected chi connectivity index (χ2v) is 14.7. The first-order valence-corrected chi connectivity index (χ1v) is 14.6. The Morgan fingerprint density at radius 3 is 2.19 bits per heavy atom. The lowest BCUT2D eigenvalue weighted by molar-refractivity contribution is -0.131. The predicted molar refractivity (Wildman–Crippen MR) is 126 cm³/mol. The van der Waals surface area contributed by atoms with E-state index in [0.29, 0.717) is 44.6 Å². The number of piperidine rings is 2. The van der Waals surface area contributed by atoms with Gasteiger partial charge in [0.15, 0.2) is 9.84 Å². The molecule has 32 heavy (non-hydrogen) atoms. The van der Waals surface area contributed by atoms with E-state index in [4.69, 9.17) is 0 Å². The zero-order valence-electron chi connectivity index (χ0n) is 19.4. The summed E-state index contributed by atoms with van der Waals surface area (Å²) >= 11 is 0. The highest BCUT2D eigenvalue weighted by molar-refractivity contribution is 7.92. The van der Waals surface area contributed by atoms with Crippen molar-refractivity contribution in [2.24, 2.45) is 5.92 Å². The highest BCUT2D eigenvalue weighted by Gasteiger charge is 2.33. The van der Waals surface area contributed by atoms with Gasteiger partial charge in [0.2, 0.25) is 15.9 Å². The summed E-state index contributed by atoms with van der Waals surface area (Å²) in [6, 6.07) is 6.70. The molecule has 3 rings (SSSR count). The second kappa shape index (κ2) is 9.81. The van der Waals surface area contributed by atoms with Gasteiger partial charge in [-0.25, -0.2) is 16.8 Å². The Bertz CT molecular complexity index is 1010. The number of rotatable bonds is 6. The number of sulfone groups is 1. The molecular weight excluding hydrogens is 448 g/mol. The fraction of sp³-hybridized carbons (Fsp3) is 0.696. The minimum Gasteiger partial charge on any atom is -0.342 e. The van der Waals surface area contributed by atoms with Gasteiger partial charge in [0.25, 0.3) is 0 Å². The van der Waals surface area contributed by atoms with Crippen LogP contribution in [0.15, 0.2) is 29.2 Å². The van der Waals surface area contributed by atoms with E-state index in [1.807, 2.05) is 0 Å². The minimum absolute atomic E-state index is 0.0466. The molecule has 2 fully saturated rings. The van der Waals surface area contributed by atoms with Crippen LogP contribution in [0.3, 0.4) is 0 Å². The first-order chi connectivity index (χ1) is 14.9. The van der Waals surface area contributed by atoms with Gasteiger partial charge in [-0.05, 0) is 70.1 Å². The van der Waals surface area contributed by atoms with Crippen LogP contribution in [0.25, 0.3) is 0 Å². The van der Waals surface area contributed by atoms with Crippen LogP contribution in [0, 0.1) is 5.92 Å². The van der Waals surface area contributed by atoms with Crippen LogP contribution < -0.4 is 0 Å². The summed E-state index contributed by atoms with van der Waals surface area (Å²) in [5.41, 5.74) is 0.686. The molecule has 0 spiro atoms. The van der Waals surface area contributed by atoms with Crippen LogP contribution >= 0.6 is 0 Å². The van der Waals surface area contributed by atoms with Crippen molar-refractivity contribution >= 4 is 25.8 Å². The number of nitrogens with zero attached hydrogens (tertiary/aromatic N) is 2. The van der Waals surface area contributed by atoms with Gasteiger partial charge in [-0.15, -0.1) is 0 Å². The van der Waals surface area contributed by atoms with Crippen LogP contribution in [0.1, 0.15) is 58.4 Å². The lowest BCUT2D eigenvalue weighted by Gasteiger charge is -2.33. The lowest BCUT2D eigenvalue weighted by atomic mass is 9.98. The molecule has 0 radical (unpaired) electrons. The van der Waals surface area contributed by atoms with Crippen molar-refractivity contribution in [2.75, 3.05) is 31.9 Å². The fourth-order valence-corrected chi connectivity index (χ4v) is 7.31. The van der Waals surface area contributed by atoms with Crippen molar-refractivity contribution in [3.05, 3.63) is 29.8 Å². The molecule has 7 nitrogen and oxygen atoms in total. The third kappa shape index (κ3) is 5.91. The maximum Gasteiger partial charge on any atom is 0.243 e. The molecule has 0 N–H and O–H groups in total.